The van der Waals surface area contributed by atoms with Crippen LogP contribution in [0.1, 0.15) is 29.7 Å². The van der Waals surface area contributed by atoms with E-state index >= 15 is 0 Å². The van der Waals surface area contributed by atoms with Gasteiger partial charge in [0.15, 0.2) is 0 Å². The number of nitrogens with zero attached hydrogens (tertiary/aromatic N) is 1. The van der Waals surface area contributed by atoms with Gasteiger partial charge < -0.3 is 10.1 Å². The van der Waals surface area contributed by atoms with Crippen molar-refractivity contribution < 1.29 is 17.9 Å². The molecule has 6 nitrogen and oxygen atoms in total. The average Bonchev–Trinajstić information content (AvgIpc) is 2.92. The molecule has 0 saturated heterocycles. The van der Waals surface area contributed by atoms with Crippen LogP contribution in [0.5, 0.6) is 5.75 Å². The minimum absolute atomic E-state index is 0.0904. The lowest BCUT2D eigenvalue weighted by molar-refractivity contribution is -0.120. The van der Waals surface area contributed by atoms with Crippen LogP contribution in [0.2, 0.25) is 0 Å². The van der Waals surface area contributed by atoms with Gasteiger partial charge in [-0.2, -0.15) is 0 Å². The van der Waals surface area contributed by atoms with Gasteiger partial charge in [0.1, 0.15) is 12.3 Å². The molecule has 0 fully saturated rings. The van der Waals surface area contributed by atoms with Crippen LogP contribution < -0.4 is 14.4 Å². The van der Waals surface area contributed by atoms with E-state index in [0.717, 1.165) is 21.0 Å². The van der Waals surface area contributed by atoms with Crippen molar-refractivity contribution >= 4 is 21.6 Å². The first kappa shape index (κ1) is 26.0. The van der Waals surface area contributed by atoms with Gasteiger partial charge in [-0.3, -0.25) is 9.10 Å². The van der Waals surface area contributed by atoms with E-state index in [-0.39, 0.29) is 4.90 Å². The maximum absolute atomic E-state index is 13.8. The largest absolute Gasteiger partial charge is 0.492 e. The molecule has 0 unspecified atom stereocenters. The highest BCUT2D eigenvalue weighted by Crippen LogP contribution is 2.33. The first-order chi connectivity index (χ1) is 17.9. The molecule has 0 aromatic heterocycles. The van der Waals surface area contributed by atoms with Crippen molar-refractivity contribution in [2.45, 2.75) is 24.8 Å². The minimum Gasteiger partial charge on any atom is -0.492 e. The lowest BCUT2D eigenvalue weighted by Crippen LogP contribution is -2.42. The molecule has 0 bridgehead atoms. The molecule has 1 atom stereocenters. The number of para-hydroxylation sites is 2. The van der Waals surface area contributed by atoms with Crippen molar-refractivity contribution in [3.63, 3.8) is 0 Å². The second kappa shape index (κ2) is 11.8. The maximum atomic E-state index is 13.8. The molecule has 4 aromatic rings. The van der Waals surface area contributed by atoms with E-state index in [1.807, 2.05) is 68.4 Å². The third kappa shape index (κ3) is 6.01. The zero-order chi connectivity index (χ0) is 26.3. The van der Waals surface area contributed by atoms with Crippen molar-refractivity contribution in [1.82, 2.24) is 5.32 Å². The Morgan fingerprint density at radius 1 is 0.838 bits per heavy atom. The number of hydrogen-bond acceptors (Lipinski definition) is 4. The molecule has 0 radical (unpaired) electrons. The number of carbonyl (C=O) groups is 1. The number of anilines is 1. The third-order valence-corrected chi connectivity index (χ3v) is 7.76. The van der Waals surface area contributed by atoms with Crippen molar-refractivity contribution in [2.75, 3.05) is 17.5 Å². The standard InChI is InChI=1S/C30H30N2O4S/c1-3-36-28-21-13-12-20-27(28)32(37(34,35)25-17-8-5-9-18-25)22-29(33)31-30(24-15-6-4-7-16-24)26-19-11-10-14-23(26)2/h4-21,30H,3,22H2,1-2H3,(H,31,33)/t30-/m1/s1. The Morgan fingerprint density at radius 3 is 2.11 bits per heavy atom. The number of amides is 1. The Bertz CT molecular complexity index is 1440. The van der Waals surface area contributed by atoms with Gasteiger partial charge in [0, 0.05) is 0 Å². The summed E-state index contributed by atoms with van der Waals surface area (Å²) in [4.78, 5) is 13.7. The van der Waals surface area contributed by atoms with Gasteiger partial charge in [-0.1, -0.05) is 84.9 Å². The predicted octanol–water partition coefficient (Wildman–Crippen LogP) is 5.49. The van der Waals surface area contributed by atoms with E-state index in [1.165, 1.54) is 12.1 Å². The van der Waals surface area contributed by atoms with Crippen LogP contribution >= 0.6 is 0 Å². The van der Waals surface area contributed by atoms with Crippen LogP contribution in [0.25, 0.3) is 0 Å². The smallest absolute Gasteiger partial charge is 0.264 e. The zero-order valence-electron chi connectivity index (χ0n) is 20.9. The molecular formula is C30H30N2O4S. The van der Waals surface area contributed by atoms with Gasteiger partial charge >= 0.3 is 0 Å². The summed E-state index contributed by atoms with van der Waals surface area (Å²) in [5.41, 5.74) is 3.16. The quantitative estimate of drug-likeness (QED) is 0.303. The van der Waals surface area contributed by atoms with E-state index in [0.29, 0.717) is 18.0 Å². The molecule has 0 aliphatic carbocycles. The van der Waals surface area contributed by atoms with Crippen LogP contribution in [-0.2, 0) is 14.8 Å². The van der Waals surface area contributed by atoms with Crippen molar-refractivity contribution in [1.29, 1.82) is 0 Å². The first-order valence-corrected chi connectivity index (χ1v) is 13.5. The molecule has 0 spiro atoms. The van der Waals surface area contributed by atoms with Gasteiger partial charge in [-0.15, -0.1) is 0 Å². The lowest BCUT2D eigenvalue weighted by atomic mass is 9.95. The second-order valence-corrected chi connectivity index (χ2v) is 10.4. The van der Waals surface area contributed by atoms with Gasteiger partial charge in [0.05, 0.1) is 23.2 Å². The summed E-state index contributed by atoms with van der Waals surface area (Å²) >= 11 is 0. The SMILES string of the molecule is CCOc1ccccc1N(CC(=O)N[C@H](c1ccccc1)c1ccccc1C)S(=O)(=O)c1ccccc1. The number of nitrogens with one attached hydrogen (secondary N) is 1. The number of aryl methyl sites for hydroxylation is 1. The number of rotatable bonds is 10. The topological polar surface area (TPSA) is 75.7 Å². The van der Waals surface area contributed by atoms with Gasteiger partial charge in [-0.25, -0.2) is 8.42 Å². The Labute approximate surface area is 218 Å². The molecule has 7 heteroatoms. The van der Waals surface area contributed by atoms with Crippen molar-refractivity contribution in [3.8, 4) is 5.75 Å². The van der Waals surface area contributed by atoms with Crippen LogP contribution in [0.4, 0.5) is 5.69 Å². The molecule has 0 saturated carbocycles. The molecule has 37 heavy (non-hydrogen) atoms. The summed E-state index contributed by atoms with van der Waals surface area (Å²) in [5, 5.41) is 3.08. The Kier molecular flexibility index (Phi) is 8.25. The summed E-state index contributed by atoms with van der Waals surface area (Å²) in [7, 11) is -4.07. The average molecular weight is 515 g/mol. The summed E-state index contributed by atoms with van der Waals surface area (Å²) in [5.74, 6) is -0.0567. The highest BCUT2D eigenvalue weighted by molar-refractivity contribution is 7.92. The summed E-state index contributed by atoms with van der Waals surface area (Å²) in [6, 6.07) is 31.9. The molecule has 1 N–H and O–H groups in total. The second-order valence-electron chi connectivity index (χ2n) is 8.49. The molecule has 4 aromatic carbocycles. The van der Waals surface area contributed by atoms with E-state index in [4.69, 9.17) is 4.74 Å². The fourth-order valence-electron chi connectivity index (χ4n) is 4.19. The monoisotopic (exact) mass is 514 g/mol. The number of benzene rings is 4. The molecule has 190 valence electrons. The third-order valence-electron chi connectivity index (χ3n) is 5.99. The van der Waals surface area contributed by atoms with E-state index in [1.54, 1.807) is 42.5 Å². The van der Waals surface area contributed by atoms with E-state index in [9.17, 15) is 13.2 Å². The highest BCUT2D eigenvalue weighted by atomic mass is 32.2. The van der Waals surface area contributed by atoms with Crippen LogP contribution in [-0.4, -0.2) is 27.5 Å². The molecule has 1 amide bonds. The highest BCUT2D eigenvalue weighted by Gasteiger charge is 2.30. The minimum atomic E-state index is -4.07. The Morgan fingerprint density at radius 2 is 1.43 bits per heavy atom. The lowest BCUT2D eigenvalue weighted by Gasteiger charge is -2.28. The van der Waals surface area contributed by atoms with Gasteiger partial charge in [0.2, 0.25) is 5.91 Å². The van der Waals surface area contributed by atoms with Crippen LogP contribution in [0.15, 0.2) is 114 Å². The Hall–Kier alpha value is -4.10. The number of ether oxygens (including phenoxy) is 1. The van der Waals surface area contributed by atoms with Crippen LogP contribution in [0, 0.1) is 6.92 Å². The van der Waals surface area contributed by atoms with E-state index in [2.05, 4.69) is 5.32 Å². The van der Waals surface area contributed by atoms with Crippen LogP contribution in [0.3, 0.4) is 0 Å². The molecule has 0 aliphatic heterocycles. The molecule has 0 heterocycles. The fraction of sp³-hybridized carbons (Fsp3) is 0.167. The number of carbonyl (C=O) groups excluding carboxylic acids is 1. The molecular weight excluding hydrogens is 484 g/mol. The number of hydrogen-bond donors (Lipinski definition) is 1. The van der Waals surface area contributed by atoms with Gasteiger partial charge in [-0.05, 0) is 54.8 Å². The van der Waals surface area contributed by atoms with Crippen molar-refractivity contribution in [2.24, 2.45) is 0 Å². The predicted molar refractivity (Wildman–Crippen MR) is 146 cm³/mol. The van der Waals surface area contributed by atoms with Gasteiger partial charge in [0.25, 0.3) is 10.0 Å². The Balaban J connectivity index is 1.73. The summed E-state index contributed by atoms with van der Waals surface area (Å²) in [6.45, 7) is 3.75. The maximum Gasteiger partial charge on any atom is 0.264 e. The van der Waals surface area contributed by atoms with Crippen molar-refractivity contribution in [3.05, 3.63) is 126 Å². The molecule has 0 aliphatic rings. The fourth-order valence-corrected chi connectivity index (χ4v) is 5.65. The normalized spacial score (nSPS) is 11.9. The summed E-state index contributed by atoms with van der Waals surface area (Å²) in [6.07, 6.45) is 0. The zero-order valence-corrected chi connectivity index (χ0v) is 21.7. The molecule has 4 rings (SSSR count). The summed E-state index contributed by atoms with van der Waals surface area (Å²) < 4.78 is 34.4. The number of sulfonamides is 1. The first-order valence-electron chi connectivity index (χ1n) is 12.1. The van der Waals surface area contributed by atoms with E-state index < -0.39 is 28.5 Å².